The van der Waals surface area contributed by atoms with Crippen molar-refractivity contribution in [3.05, 3.63) is 0 Å². The van der Waals surface area contributed by atoms with Gasteiger partial charge >= 0.3 is 0 Å². The SMILES string of the molecule is CCNC1CCCCC1C1CCOC1. The summed E-state index contributed by atoms with van der Waals surface area (Å²) in [4.78, 5) is 0. The molecule has 1 N–H and O–H groups in total. The van der Waals surface area contributed by atoms with Gasteiger partial charge in [-0.15, -0.1) is 0 Å². The van der Waals surface area contributed by atoms with Crippen LogP contribution < -0.4 is 5.32 Å². The van der Waals surface area contributed by atoms with Gasteiger partial charge in [0.05, 0.1) is 0 Å². The zero-order chi connectivity index (χ0) is 9.80. The Labute approximate surface area is 87.4 Å². The van der Waals surface area contributed by atoms with E-state index in [9.17, 15) is 0 Å². The summed E-state index contributed by atoms with van der Waals surface area (Å²) in [5, 5.41) is 3.66. The standard InChI is InChI=1S/C12H23NO/c1-2-13-12-6-4-3-5-11(12)10-7-8-14-9-10/h10-13H,2-9H2,1H3. The maximum atomic E-state index is 5.51. The van der Waals surface area contributed by atoms with Crippen molar-refractivity contribution in [3.63, 3.8) is 0 Å². The van der Waals surface area contributed by atoms with Gasteiger partial charge in [-0.2, -0.15) is 0 Å². The number of hydrogen-bond acceptors (Lipinski definition) is 2. The highest BCUT2D eigenvalue weighted by Crippen LogP contribution is 2.34. The van der Waals surface area contributed by atoms with E-state index in [1.54, 1.807) is 0 Å². The van der Waals surface area contributed by atoms with E-state index >= 15 is 0 Å². The molecule has 2 fully saturated rings. The van der Waals surface area contributed by atoms with E-state index in [0.717, 1.165) is 37.6 Å². The summed E-state index contributed by atoms with van der Waals surface area (Å²) in [6.07, 6.45) is 6.96. The Balaban J connectivity index is 1.91. The van der Waals surface area contributed by atoms with Crippen LogP contribution in [0.1, 0.15) is 39.0 Å². The van der Waals surface area contributed by atoms with Crippen LogP contribution in [-0.2, 0) is 4.74 Å². The van der Waals surface area contributed by atoms with E-state index in [4.69, 9.17) is 4.74 Å². The molecule has 1 saturated carbocycles. The number of hydrogen-bond donors (Lipinski definition) is 1. The van der Waals surface area contributed by atoms with Crippen LogP contribution in [0.15, 0.2) is 0 Å². The summed E-state index contributed by atoms with van der Waals surface area (Å²) < 4.78 is 5.51. The van der Waals surface area contributed by atoms with E-state index in [1.165, 1.54) is 32.1 Å². The molecule has 1 heterocycles. The summed E-state index contributed by atoms with van der Waals surface area (Å²) >= 11 is 0. The van der Waals surface area contributed by atoms with E-state index in [1.807, 2.05) is 0 Å². The molecule has 82 valence electrons. The second kappa shape index (κ2) is 5.13. The maximum absolute atomic E-state index is 5.51. The van der Waals surface area contributed by atoms with Gasteiger partial charge in [-0.05, 0) is 37.6 Å². The van der Waals surface area contributed by atoms with Crippen LogP contribution in [0.3, 0.4) is 0 Å². The Kier molecular flexibility index (Phi) is 3.82. The molecule has 0 bridgehead atoms. The van der Waals surface area contributed by atoms with Crippen LogP contribution in [0.4, 0.5) is 0 Å². The second-order valence-corrected chi connectivity index (χ2v) is 4.74. The molecule has 1 saturated heterocycles. The van der Waals surface area contributed by atoms with E-state index < -0.39 is 0 Å². The largest absolute Gasteiger partial charge is 0.381 e. The zero-order valence-corrected chi connectivity index (χ0v) is 9.30. The van der Waals surface area contributed by atoms with Gasteiger partial charge in [0, 0.05) is 19.3 Å². The third kappa shape index (κ3) is 2.29. The summed E-state index contributed by atoms with van der Waals surface area (Å²) in [5.41, 5.74) is 0. The van der Waals surface area contributed by atoms with Crippen LogP contribution in [0.5, 0.6) is 0 Å². The first-order valence-corrected chi connectivity index (χ1v) is 6.23. The van der Waals surface area contributed by atoms with Crippen molar-refractivity contribution >= 4 is 0 Å². The molecule has 3 unspecified atom stereocenters. The lowest BCUT2D eigenvalue weighted by Crippen LogP contribution is -2.42. The smallest absolute Gasteiger partial charge is 0.0498 e. The van der Waals surface area contributed by atoms with Gasteiger partial charge in [0.25, 0.3) is 0 Å². The minimum atomic E-state index is 0.778. The lowest BCUT2D eigenvalue weighted by atomic mass is 9.76. The molecule has 0 spiro atoms. The average Bonchev–Trinajstić information content (AvgIpc) is 2.72. The molecule has 2 rings (SSSR count). The molecule has 0 aromatic rings. The quantitative estimate of drug-likeness (QED) is 0.749. The van der Waals surface area contributed by atoms with Gasteiger partial charge < -0.3 is 10.1 Å². The fourth-order valence-electron chi connectivity index (χ4n) is 3.13. The molecule has 1 aliphatic carbocycles. The Hall–Kier alpha value is -0.0800. The predicted octanol–water partition coefficient (Wildman–Crippen LogP) is 2.19. The summed E-state index contributed by atoms with van der Waals surface area (Å²) in [5.74, 6) is 1.74. The van der Waals surface area contributed by atoms with Crippen molar-refractivity contribution in [2.24, 2.45) is 11.8 Å². The monoisotopic (exact) mass is 197 g/mol. The Morgan fingerprint density at radius 2 is 2.07 bits per heavy atom. The molecule has 0 aromatic heterocycles. The zero-order valence-electron chi connectivity index (χ0n) is 9.30. The molecular weight excluding hydrogens is 174 g/mol. The highest BCUT2D eigenvalue weighted by atomic mass is 16.5. The molecule has 0 aromatic carbocycles. The van der Waals surface area contributed by atoms with Crippen LogP contribution in [0.2, 0.25) is 0 Å². The highest BCUT2D eigenvalue weighted by Gasteiger charge is 2.33. The molecule has 2 heteroatoms. The summed E-state index contributed by atoms with van der Waals surface area (Å²) in [6, 6.07) is 0.778. The molecule has 2 aliphatic rings. The van der Waals surface area contributed by atoms with Crippen LogP contribution in [0.25, 0.3) is 0 Å². The number of nitrogens with one attached hydrogen (secondary N) is 1. The first-order valence-electron chi connectivity index (χ1n) is 6.23. The van der Waals surface area contributed by atoms with Crippen molar-refractivity contribution in [3.8, 4) is 0 Å². The van der Waals surface area contributed by atoms with Crippen molar-refractivity contribution in [1.29, 1.82) is 0 Å². The van der Waals surface area contributed by atoms with Gasteiger partial charge in [0.1, 0.15) is 0 Å². The van der Waals surface area contributed by atoms with E-state index in [0.29, 0.717) is 0 Å². The van der Waals surface area contributed by atoms with Crippen molar-refractivity contribution in [1.82, 2.24) is 5.32 Å². The molecule has 2 nitrogen and oxygen atoms in total. The lowest BCUT2D eigenvalue weighted by Gasteiger charge is -2.35. The Morgan fingerprint density at radius 1 is 1.21 bits per heavy atom. The number of rotatable bonds is 3. The van der Waals surface area contributed by atoms with Gasteiger partial charge in [0.15, 0.2) is 0 Å². The van der Waals surface area contributed by atoms with Gasteiger partial charge in [0.2, 0.25) is 0 Å². The summed E-state index contributed by atoms with van der Waals surface area (Å²) in [7, 11) is 0. The van der Waals surface area contributed by atoms with Crippen molar-refractivity contribution < 1.29 is 4.74 Å². The van der Waals surface area contributed by atoms with E-state index in [-0.39, 0.29) is 0 Å². The van der Waals surface area contributed by atoms with Crippen LogP contribution >= 0.6 is 0 Å². The van der Waals surface area contributed by atoms with E-state index in [2.05, 4.69) is 12.2 Å². The minimum Gasteiger partial charge on any atom is -0.381 e. The van der Waals surface area contributed by atoms with Gasteiger partial charge in [-0.25, -0.2) is 0 Å². The molecule has 3 atom stereocenters. The van der Waals surface area contributed by atoms with Crippen LogP contribution in [-0.4, -0.2) is 25.8 Å². The fourth-order valence-corrected chi connectivity index (χ4v) is 3.13. The first kappa shape index (κ1) is 10.4. The Morgan fingerprint density at radius 3 is 2.79 bits per heavy atom. The minimum absolute atomic E-state index is 0.778. The molecule has 0 radical (unpaired) electrons. The molecule has 14 heavy (non-hydrogen) atoms. The van der Waals surface area contributed by atoms with Gasteiger partial charge in [-0.1, -0.05) is 19.8 Å². The predicted molar refractivity (Wildman–Crippen MR) is 58.3 cm³/mol. The highest BCUT2D eigenvalue weighted by molar-refractivity contribution is 4.86. The normalized spacial score (nSPS) is 38.8. The maximum Gasteiger partial charge on any atom is 0.0498 e. The molecule has 0 amide bonds. The second-order valence-electron chi connectivity index (χ2n) is 4.74. The van der Waals surface area contributed by atoms with Gasteiger partial charge in [-0.3, -0.25) is 0 Å². The topological polar surface area (TPSA) is 21.3 Å². The fraction of sp³-hybridized carbons (Fsp3) is 1.00. The molecular formula is C12H23NO. The van der Waals surface area contributed by atoms with Crippen molar-refractivity contribution in [2.45, 2.75) is 45.1 Å². The van der Waals surface area contributed by atoms with Crippen LogP contribution in [0, 0.1) is 11.8 Å². The van der Waals surface area contributed by atoms with Crippen molar-refractivity contribution in [2.75, 3.05) is 19.8 Å². The first-order chi connectivity index (χ1) is 6.92. The summed E-state index contributed by atoms with van der Waals surface area (Å²) in [6.45, 7) is 5.36. The lowest BCUT2D eigenvalue weighted by molar-refractivity contribution is 0.141. The third-order valence-corrected chi connectivity index (χ3v) is 3.86. The third-order valence-electron chi connectivity index (χ3n) is 3.86. The number of ether oxygens (including phenoxy) is 1. The average molecular weight is 197 g/mol. The molecule has 1 aliphatic heterocycles. The Bertz CT molecular complexity index is 164.